The third-order valence-corrected chi connectivity index (χ3v) is 3.74. The Bertz CT molecular complexity index is 799. The third-order valence-electron chi connectivity index (χ3n) is 3.50. The van der Waals surface area contributed by atoms with Crippen LogP contribution in [-0.2, 0) is 6.54 Å². The van der Waals surface area contributed by atoms with Crippen molar-refractivity contribution in [2.75, 3.05) is 0 Å². The number of hydrogen-bond donors (Lipinski definition) is 1. The van der Waals surface area contributed by atoms with Gasteiger partial charge in [0.15, 0.2) is 0 Å². The summed E-state index contributed by atoms with van der Waals surface area (Å²) in [4.78, 5) is 4.78. The van der Waals surface area contributed by atoms with Crippen molar-refractivity contribution in [3.05, 3.63) is 48.2 Å². The van der Waals surface area contributed by atoms with Crippen molar-refractivity contribution in [2.45, 2.75) is 26.4 Å². The second kappa shape index (κ2) is 5.29. The summed E-state index contributed by atoms with van der Waals surface area (Å²) >= 11 is 5.02. The molecule has 5 nitrogen and oxygen atoms in total. The fourth-order valence-electron chi connectivity index (χ4n) is 2.46. The Hall–Kier alpha value is -2.21. The first kappa shape index (κ1) is 13.8. The smallest absolute Gasteiger partial charge is 0.147 e. The Morgan fingerprint density at radius 3 is 2.86 bits per heavy atom. The maximum atomic E-state index is 5.68. The largest absolute Gasteiger partial charge is 0.389 e. The number of rotatable bonds is 4. The maximum absolute atomic E-state index is 5.68. The standard InChI is InChI=1S/C15H17N5S/c1-10(2)20-14(17-9-18-20)8-19-6-5-11-7-12(15(16)21)3-4-13(11)19/h3-7,9-10H,8H2,1-2H3,(H2,16,21). The van der Waals surface area contributed by atoms with Crippen LogP contribution in [0.3, 0.4) is 0 Å². The van der Waals surface area contributed by atoms with Gasteiger partial charge in [-0.25, -0.2) is 9.67 Å². The Kier molecular flexibility index (Phi) is 3.47. The van der Waals surface area contributed by atoms with Gasteiger partial charge in [0.25, 0.3) is 0 Å². The first-order chi connectivity index (χ1) is 10.1. The van der Waals surface area contributed by atoms with Crippen LogP contribution >= 0.6 is 12.2 Å². The first-order valence-corrected chi connectivity index (χ1v) is 7.24. The van der Waals surface area contributed by atoms with Crippen molar-refractivity contribution >= 4 is 28.1 Å². The number of benzene rings is 1. The van der Waals surface area contributed by atoms with Crippen molar-refractivity contribution in [1.29, 1.82) is 0 Å². The van der Waals surface area contributed by atoms with Crippen molar-refractivity contribution < 1.29 is 0 Å². The fraction of sp³-hybridized carbons (Fsp3) is 0.267. The van der Waals surface area contributed by atoms with Crippen LogP contribution in [0.5, 0.6) is 0 Å². The zero-order chi connectivity index (χ0) is 15.0. The van der Waals surface area contributed by atoms with Crippen molar-refractivity contribution in [3.63, 3.8) is 0 Å². The molecule has 2 heterocycles. The van der Waals surface area contributed by atoms with Gasteiger partial charge in [0, 0.05) is 28.7 Å². The van der Waals surface area contributed by atoms with Gasteiger partial charge >= 0.3 is 0 Å². The highest BCUT2D eigenvalue weighted by atomic mass is 32.1. The Morgan fingerprint density at radius 1 is 1.33 bits per heavy atom. The fourth-order valence-corrected chi connectivity index (χ4v) is 2.59. The minimum Gasteiger partial charge on any atom is -0.389 e. The van der Waals surface area contributed by atoms with E-state index in [0.29, 0.717) is 17.6 Å². The molecule has 0 aliphatic heterocycles. The molecule has 2 N–H and O–H groups in total. The number of nitrogens with zero attached hydrogens (tertiary/aromatic N) is 4. The van der Waals surface area contributed by atoms with E-state index in [-0.39, 0.29) is 0 Å². The summed E-state index contributed by atoms with van der Waals surface area (Å²) in [5.41, 5.74) is 7.70. The van der Waals surface area contributed by atoms with Gasteiger partial charge < -0.3 is 10.3 Å². The van der Waals surface area contributed by atoms with Gasteiger partial charge in [-0.05, 0) is 38.1 Å². The van der Waals surface area contributed by atoms with Gasteiger partial charge in [-0.3, -0.25) is 0 Å². The summed E-state index contributed by atoms with van der Waals surface area (Å²) in [6.07, 6.45) is 3.65. The second-order valence-electron chi connectivity index (χ2n) is 5.30. The van der Waals surface area contributed by atoms with E-state index in [1.54, 1.807) is 6.33 Å². The van der Waals surface area contributed by atoms with Crippen LogP contribution in [0.25, 0.3) is 10.9 Å². The zero-order valence-corrected chi connectivity index (χ0v) is 12.8. The zero-order valence-electron chi connectivity index (χ0n) is 12.0. The monoisotopic (exact) mass is 299 g/mol. The predicted octanol–water partition coefficient (Wildman–Crippen LogP) is 2.50. The molecule has 0 aliphatic rings. The van der Waals surface area contributed by atoms with Crippen LogP contribution in [0.15, 0.2) is 36.8 Å². The molecule has 3 rings (SSSR count). The van der Waals surface area contributed by atoms with Crippen LogP contribution in [0.4, 0.5) is 0 Å². The average Bonchev–Trinajstić information content (AvgIpc) is 3.06. The van der Waals surface area contributed by atoms with Gasteiger partial charge in [0.2, 0.25) is 0 Å². The molecule has 0 unspecified atom stereocenters. The van der Waals surface area contributed by atoms with Crippen LogP contribution in [0.1, 0.15) is 31.3 Å². The van der Waals surface area contributed by atoms with E-state index in [4.69, 9.17) is 18.0 Å². The molecule has 1 aromatic carbocycles. The van der Waals surface area contributed by atoms with Crippen LogP contribution in [0, 0.1) is 0 Å². The van der Waals surface area contributed by atoms with Crippen molar-refractivity contribution in [3.8, 4) is 0 Å². The number of thiocarbonyl (C=S) groups is 1. The molecule has 0 saturated carbocycles. The molecular weight excluding hydrogens is 282 g/mol. The highest BCUT2D eigenvalue weighted by Gasteiger charge is 2.10. The highest BCUT2D eigenvalue weighted by Crippen LogP contribution is 2.19. The molecule has 0 radical (unpaired) electrons. The maximum Gasteiger partial charge on any atom is 0.147 e. The summed E-state index contributed by atoms with van der Waals surface area (Å²) < 4.78 is 4.09. The van der Waals surface area contributed by atoms with Gasteiger partial charge in [0.1, 0.15) is 17.1 Å². The molecule has 0 bridgehead atoms. The Morgan fingerprint density at radius 2 is 2.14 bits per heavy atom. The first-order valence-electron chi connectivity index (χ1n) is 6.83. The second-order valence-corrected chi connectivity index (χ2v) is 5.74. The number of aromatic nitrogens is 4. The normalized spacial score (nSPS) is 11.4. The molecule has 6 heteroatoms. The third kappa shape index (κ3) is 2.54. The van der Waals surface area contributed by atoms with Gasteiger partial charge in [0.05, 0.1) is 6.54 Å². The lowest BCUT2D eigenvalue weighted by Crippen LogP contribution is -2.11. The lowest BCUT2D eigenvalue weighted by Gasteiger charge is -2.10. The molecule has 0 fully saturated rings. The van der Waals surface area contributed by atoms with Crippen molar-refractivity contribution in [2.24, 2.45) is 5.73 Å². The number of hydrogen-bond acceptors (Lipinski definition) is 3. The molecular formula is C15H17N5S. The lowest BCUT2D eigenvalue weighted by molar-refractivity contribution is 0.498. The summed E-state index contributed by atoms with van der Waals surface area (Å²) in [7, 11) is 0. The minimum absolute atomic E-state index is 0.297. The molecule has 0 saturated heterocycles. The van der Waals surface area contributed by atoms with E-state index in [0.717, 1.165) is 22.3 Å². The topological polar surface area (TPSA) is 61.7 Å². The molecule has 0 amide bonds. The van der Waals surface area contributed by atoms with Gasteiger partial charge in [-0.15, -0.1) is 0 Å². The molecule has 2 aromatic heterocycles. The van der Waals surface area contributed by atoms with Gasteiger partial charge in [-0.2, -0.15) is 5.10 Å². The van der Waals surface area contributed by atoms with E-state index >= 15 is 0 Å². The molecule has 0 atom stereocenters. The SMILES string of the molecule is CC(C)n1ncnc1Cn1ccc2cc(C(N)=S)ccc21. The van der Waals surface area contributed by atoms with Crippen LogP contribution in [0.2, 0.25) is 0 Å². The van der Waals surface area contributed by atoms with E-state index in [9.17, 15) is 0 Å². The Balaban J connectivity index is 1.98. The highest BCUT2D eigenvalue weighted by molar-refractivity contribution is 7.80. The van der Waals surface area contributed by atoms with Crippen LogP contribution < -0.4 is 5.73 Å². The van der Waals surface area contributed by atoms with E-state index in [2.05, 4.69) is 34.6 Å². The summed E-state index contributed by atoms with van der Waals surface area (Å²) in [6, 6.07) is 8.37. The Labute approximate surface area is 128 Å². The minimum atomic E-state index is 0.297. The molecule has 0 spiro atoms. The average molecular weight is 299 g/mol. The van der Waals surface area contributed by atoms with Crippen molar-refractivity contribution in [1.82, 2.24) is 19.3 Å². The number of nitrogens with two attached hydrogens (primary N) is 1. The summed E-state index contributed by atoms with van der Waals surface area (Å²) in [5, 5.41) is 5.39. The summed E-state index contributed by atoms with van der Waals surface area (Å²) in [5.74, 6) is 0.945. The molecule has 3 aromatic rings. The van der Waals surface area contributed by atoms with Crippen LogP contribution in [-0.4, -0.2) is 24.3 Å². The van der Waals surface area contributed by atoms with Gasteiger partial charge in [-0.1, -0.05) is 12.2 Å². The number of fused-ring (bicyclic) bond motifs is 1. The molecule has 0 aliphatic carbocycles. The predicted molar refractivity (Wildman–Crippen MR) is 87.3 cm³/mol. The van der Waals surface area contributed by atoms with E-state index in [1.807, 2.05) is 29.1 Å². The van der Waals surface area contributed by atoms with E-state index < -0.39 is 0 Å². The van der Waals surface area contributed by atoms with E-state index in [1.165, 1.54) is 0 Å². The molecule has 108 valence electrons. The summed E-state index contributed by atoms with van der Waals surface area (Å²) in [6.45, 7) is 4.88. The molecule has 21 heavy (non-hydrogen) atoms. The lowest BCUT2D eigenvalue weighted by atomic mass is 10.1. The quantitative estimate of drug-likeness (QED) is 0.752.